The summed E-state index contributed by atoms with van der Waals surface area (Å²) in [6.07, 6.45) is 0.583. The van der Waals surface area contributed by atoms with Crippen molar-refractivity contribution in [3.05, 3.63) is 41.5 Å². The molecule has 0 fully saturated rings. The number of aromatic nitrogens is 2. The highest BCUT2D eigenvalue weighted by molar-refractivity contribution is 7.89. The lowest BCUT2D eigenvalue weighted by Gasteiger charge is -2.07. The van der Waals surface area contributed by atoms with Gasteiger partial charge in [-0.05, 0) is 19.1 Å². The highest BCUT2D eigenvalue weighted by Gasteiger charge is 2.17. The summed E-state index contributed by atoms with van der Waals surface area (Å²) in [6, 6.07) is 5.37. The van der Waals surface area contributed by atoms with E-state index in [4.69, 9.17) is 9.26 Å². The third-order valence-corrected chi connectivity index (χ3v) is 4.58. The lowest BCUT2D eigenvalue weighted by molar-refractivity contribution is -0.144. The Kier molecular flexibility index (Phi) is 5.99. The summed E-state index contributed by atoms with van der Waals surface area (Å²) >= 11 is 0. The molecule has 10 heteroatoms. The number of Topliss-reactive ketones (excluding diaryl/α,β-unsaturated/α-hetero) is 1. The molecule has 2 aromatic rings. The van der Waals surface area contributed by atoms with Gasteiger partial charge in [0.15, 0.2) is 18.2 Å². The number of hydrogen-bond donors (Lipinski definition) is 1. The van der Waals surface area contributed by atoms with Gasteiger partial charge in [0, 0.05) is 12.0 Å². The number of carbonyl (C=O) groups is 2. The van der Waals surface area contributed by atoms with Gasteiger partial charge in [-0.3, -0.25) is 9.59 Å². The number of hydrogen-bond acceptors (Lipinski definition) is 8. The summed E-state index contributed by atoms with van der Waals surface area (Å²) in [7, 11) is -3.89. The summed E-state index contributed by atoms with van der Waals surface area (Å²) in [5.74, 6) is -0.346. The zero-order valence-corrected chi connectivity index (χ0v) is 14.5. The van der Waals surface area contributed by atoms with Gasteiger partial charge in [-0.2, -0.15) is 9.71 Å². The van der Waals surface area contributed by atoms with Crippen LogP contribution in [0.2, 0.25) is 0 Å². The largest absolute Gasteiger partial charge is 0.455 e. The minimum absolute atomic E-state index is 0.0604. The van der Waals surface area contributed by atoms with Gasteiger partial charge in [0.25, 0.3) is 5.89 Å². The molecule has 1 heterocycles. The van der Waals surface area contributed by atoms with Crippen LogP contribution < -0.4 is 4.72 Å². The molecular weight excluding hydrogens is 350 g/mol. The predicted molar refractivity (Wildman–Crippen MR) is 85.1 cm³/mol. The van der Waals surface area contributed by atoms with E-state index in [2.05, 4.69) is 14.9 Å². The van der Waals surface area contributed by atoms with Gasteiger partial charge in [-0.15, -0.1) is 0 Å². The first-order valence-electron chi connectivity index (χ1n) is 7.39. The Balaban J connectivity index is 1.87. The average Bonchev–Trinajstić information content (AvgIpc) is 3.06. The van der Waals surface area contributed by atoms with E-state index in [1.54, 1.807) is 0 Å². The Hall–Kier alpha value is -2.59. The molecule has 0 amide bonds. The molecule has 0 spiro atoms. The van der Waals surface area contributed by atoms with Gasteiger partial charge < -0.3 is 9.26 Å². The van der Waals surface area contributed by atoms with Crippen LogP contribution in [0.4, 0.5) is 0 Å². The SMILES string of the molecule is CCc1noc(COC(=O)CNS(=O)(=O)c2ccc(C(C)=O)cc2)n1. The normalized spacial score (nSPS) is 11.3. The second-order valence-corrected chi connectivity index (χ2v) is 6.79. The van der Waals surface area contributed by atoms with Crippen LogP contribution in [0.3, 0.4) is 0 Å². The standard InChI is InChI=1S/C15H17N3O6S/c1-3-13-17-14(24-18-13)9-23-15(20)8-16-25(21,22)12-6-4-11(5-7-12)10(2)19/h4-7,16H,3,8-9H2,1-2H3. The molecule has 1 N–H and O–H groups in total. The van der Waals surface area contributed by atoms with E-state index in [0.717, 1.165) is 0 Å². The van der Waals surface area contributed by atoms with Crippen LogP contribution in [0.25, 0.3) is 0 Å². The number of carbonyl (C=O) groups excluding carboxylic acids is 2. The molecule has 0 bridgehead atoms. The lowest BCUT2D eigenvalue weighted by atomic mass is 10.2. The molecule has 25 heavy (non-hydrogen) atoms. The predicted octanol–water partition coefficient (Wildman–Crippen LogP) is 0.856. The van der Waals surface area contributed by atoms with Gasteiger partial charge in [-0.1, -0.05) is 24.2 Å². The highest BCUT2D eigenvalue weighted by Crippen LogP contribution is 2.11. The molecule has 0 aliphatic carbocycles. The van der Waals surface area contributed by atoms with Crippen LogP contribution in [0.1, 0.15) is 35.9 Å². The molecule has 0 unspecified atom stereocenters. The fourth-order valence-electron chi connectivity index (χ4n) is 1.79. The third-order valence-electron chi connectivity index (χ3n) is 3.16. The van der Waals surface area contributed by atoms with Crippen molar-refractivity contribution in [2.24, 2.45) is 0 Å². The molecule has 0 aliphatic rings. The van der Waals surface area contributed by atoms with E-state index in [9.17, 15) is 18.0 Å². The van der Waals surface area contributed by atoms with Crippen LogP contribution in [0.5, 0.6) is 0 Å². The topological polar surface area (TPSA) is 128 Å². The molecular formula is C15H17N3O6S. The van der Waals surface area contributed by atoms with Gasteiger partial charge >= 0.3 is 5.97 Å². The molecule has 0 saturated carbocycles. The third kappa shape index (κ3) is 5.19. The van der Waals surface area contributed by atoms with Gasteiger partial charge in [0.2, 0.25) is 10.0 Å². The Bertz CT molecular complexity index is 858. The number of nitrogens with one attached hydrogen (secondary N) is 1. The zero-order chi connectivity index (χ0) is 18.4. The number of ether oxygens (including phenoxy) is 1. The number of aryl methyl sites for hydroxylation is 1. The first kappa shape index (κ1) is 18.7. The number of ketones is 1. The number of benzene rings is 1. The molecule has 0 saturated heterocycles. The van der Waals surface area contributed by atoms with E-state index < -0.39 is 22.5 Å². The minimum Gasteiger partial charge on any atom is -0.455 e. The summed E-state index contributed by atoms with van der Waals surface area (Å²) in [5, 5.41) is 3.64. The number of nitrogens with zero attached hydrogens (tertiary/aromatic N) is 2. The van der Waals surface area contributed by atoms with Crippen LogP contribution in [0, 0.1) is 0 Å². The molecule has 2 rings (SSSR count). The van der Waals surface area contributed by atoms with Crippen LogP contribution in [-0.4, -0.2) is 36.9 Å². The smallest absolute Gasteiger partial charge is 0.321 e. The molecule has 9 nitrogen and oxygen atoms in total. The molecule has 0 atom stereocenters. The van der Waals surface area contributed by atoms with E-state index >= 15 is 0 Å². The number of esters is 1. The summed E-state index contributed by atoms with van der Waals surface area (Å²) < 4.78 is 36.0. The maximum Gasteiger partial charge on any atom is 0.321 e. The van der Waals surface area contributed by atoms with Crippen molar-refractivity contribution < 1.29 is 27.3 Å². The molecule has 0 radical (unpaired) electrons. The Morgan fingerprint density at radius 2 is 1.92 bits per heavy atom. The summed E-state index contributed by atoms with van der Waals surface area (Å²) in [6.45, 7) is 2.44. The number of rotatable bonds is 8. The van der Waals surface area contributed by atoms with Crippen molar-refractivity contribution in [3.63, 3.8) is 0 Å². The van der Waals surface area contributed by atoms with Crippen LogP contribution in [0.15, 0.2) is 33.7 Å². The van der Waals surface area contributed by atoms with E-state index in [-0.39, 0.29) is 23.2 Å². The maximum atomic E-state index is 12.1. The summed E-state index contributed by atoms with van der Waals surface area (Å²) in [5.41, 5.74) is 0.393. The molecule has 0 aliphatic heterocycles. The summed E-state index contributed by atoms with van der Waals surface area (Å²) in [4.78, 5) is 26.7. The monoisotopic (exact) mass is 367 g/mol. The first-order valence-corrected chi connectivity index (χ1v) is 8.88. The zero-order valence-electron chi connectivity index (χ0n) is 13.7. The maximum absolute atomic E-state index is 12.1. The van der Waals surface area contributed by atoms with Crippen molar-refractivity contribution in [2.45, 2.75) is 31.8 Å². The van der Waals surface area contributed by atoms with Crippen LogP contribution >= 0.6 is 0 Å². The Labute approximate surface area is 144 Å². The Morgan fingerprint density at radius 3 is 2.48 bits per heavy atom. The quantitative estimate of drug-likeness (QED) is 0.537. The van der Waals surface area contributed by atoms with Gasteiger partial charge in [0.1, 0.15) is 6.54 Å². The van der Waals surface area contributed by atoms with Gasteiger partial charge in [0.05, 0.1) is 4.90 Å². The highest BCUT2D eigenvalue weighted by atomic mass is 32.2. The lowest BCUT2D eigenvalue weighted by Crippen LogP contribution is -2.30. The number of sulfonamides is 1. The second-order valence-electron chi connectivity index (χ2n) is 5.02. The molecule has 1 aromatic heterocycles. The van der Waals surface area contributed by atoms with Crippen molar-refractivity contribution in [2.75, 3.05) is 6.54 Å². The fourth-order valence-corrected chi connectivity index (χ4v) is 2.76. The van der Waals surface area contributed by atoms with Gasteiger partial charge in [-0.25, -0.2) is 8.42 Å². The second kappa shape index (κ2) is 7.99. The van der Waals surface area contributed by atoms with Crippen molar-refractivity contribution in [3.8, 4) is 0 Å². The van der Waals surface area contributed by atoms with E-state index in [0.29, 0.717) is 17.8 Å². The molecule has 1 aromatic carbocycles. The fraction of sp³-hybridized carbons (Fsp3) is 0.333. The van der Waals surface area contributed by atoms with E-state index in [1.165, 1.54) is 31.2 Å². The van der Waals surface area contributed by atoms with Crippen molar-refractivity contribution >= 4 is 21.8 Å². The Morgan fingerprint density at radius 1 is 1.24 bits per heavy atom. The van der Waals surface area contributed by atoms with Crippen molar-refractivity contribution in [1.82, 2.24) is 14.9 Å². The average molecular weight is 367 g/mol. The van der Waals surface area contributed by atoms with Crippen molar-refractivity contribution in [1.29, 1.82) is 0 Å². The first-order chi connectivity index (χ1) is 11.8. The molecule has 134 valence electrons. The van der Waals surface area contributed by atoms with Crippen LogP contribution in [-0.2, 0) is 32.6 Å². The minimum atomic E-state index is -3.89. The van der Waals surface area contributed by atoms with E-state index in [1.807, 2.05) is 6.92 Å².